The van der Waals surface area contributed by atoms with E-state index in [-0.39, 0.29) is 25.7 Å². The maximum Gasteiger partial charge on any atom is 0.472 e. The Hall–Kier alpha value is -1.94. The van der Waals surface area contributed by atoms with Crippen LogP contribution in [-0.2, 0) is 65.4 Å². The van der Waals surface area contributed by atoms with Gasteiger partial charge in [0.25, 0.3) is 0 Å². The Bertz CT molecular complexity index is 1770. The van der Waals surface area contributed by atoms with Gasteiger partial charge in [0.05, 0.1) is 26.4 Å². The topological polar surface area (TPSA) is 237 Å². The molecule has 0 fully saturated rings. The molecule has 3 N–H and O–H groups in total. The van der Waals surface area contributed by atoms with E-state index in [1.165, 1.54) is 167 Å². The van der Waals surface area contributed by atoms with Crippen LogP contribution in [0.5, 0.6) is 0 Å². The molecule has 0 aromatic rings. The average molecular weight is 1340 g/mol. The molecule has 0 saturated carbocycles. The lowest BCUT2D eigenvalue weighted by Gasteiger charge is -2.21. The van der Waals surface area contributed by atoms with Crippen LogP contribution in [-0.4, -0.2) is 96.7 Å². The number of phosphoric ester groups is 2. The highest BCUT2D eigenvalue weighted by Gasteiger charge is 2.30. The Morgan fingerprint density at radius 2 is 0.560 bits per heavy atom. The van der Waals surface area contributed by atoms with E-state index >= 15 is 0 Å². The van der Waals surface area contributed by atoms with Crippen LogP contribution in [0.3, 0.4) is 0 Å². The van der Waals surface area contributed by atoms with Gasteiger partial charge in [-0.3, -0.25) is 37.3 Å². The van der Waals surface area contributed by atoms with Crippen LogP contribution in [0.15, 0.2) is 0 Å². The van der Waals surface area contributed by atoms with Gasteiger partial charge in [-0.05, 0) is 37.5 Å². The number of rotatable bonds is 71. The lowest BCUT2D eigenvalue weighted by Crippen LogP contribution is -2.30. The van der Waals surface area contributed by atoms with Crippen LogP contribution >= 0.6 is 15.6 Å². The van der Waals surface area contributed by atoms with Crippen molar-refractivity contribution in [2.75, 3.05) is 39.6 Å². The van der Waals surface area contributed by atoms with E-state index in [2.05, 4.69) is 41.5 Å². The molecule has 6 atom stereocenters. The summed E-state index contributed by atoms with van der Waals surface area (Å²) in [6.07, 6.45) is 50.7. The summed E-state index contributed by atoms with van der Waals surface area (Å²) in [6, 6.07) is 0. The molecule has 0 aliphatic carbocycles. The Morgan fingerprint density at radius 3 is 0.835 bits per heavy atom. The van der Waals surface area contributed by atoms with Gasteiger partial charge < -0.3 is 33.8 Å². The minimum atomic E-state index is -4.95. The van der Waals surface area contributed by atoms with Crippen molar-refractivity contribution in [1.82, 2.24) is 0 Å². The second kappa shape index (κ2) is 64.1. The molecule has 0 heterocycles. The molecule has 17 nitrogen and oxygen atoms in total. The maximum atomic E-state index is 13.1. The summed E-state index contributed by atoms with van der Waals surface area (Å²) in [5, 5.41) is 10.5. The molecule has 0 bridgehead atoms. The zero-order valence-electron chi connectivity index (χ0n) is 59.1. The van der Waals surface area contributed by atoms with Gasteiger partial charge >= 0.3 is 39.5 Å². The van der Waals surface area contributed by atoms with Crippen LogP contribution in [0.2, 0.25) is 0 Å². The van der Waals surface area contributed by atoms with E-state index in [9.17, 15) is 43.2 Å². The molecule has 0 aromatic carbocycles. The Balaban J connectivity index is 5.07. The van der Waals surface area contributed by atoms with Gasteiger partial charge in [0.2, 0.25) is 0 Å². The van der Waals surface area contributed by atoms with Crippen LogP contribution in [0, 0.1) is 11.8 Å². The Labute approximate surface area is 556 Å². The van der Waals surface area contributed by atoms with Gasteiger partial charge in [0.1, 0.15) is 19.3 Å². The van der Waals surface area contributed by atoms with Gasteiger partial charge in [0, 0.05) is 25.7 Å². The number of ether oxygens (including phenoxy) is 4. The monoisotopic (exact) mass is 1340 g/mol. The molecule has 0 aliphatic rings. The van der Waals surface area contributed by atoms with Crippen molar-refractivity contribution < 1.29 is 80.2 Å². The molecule has 3 unspecified atom stereocenters. The number of carbonyl (C=O) groups is 4. The van der Waals surface area contributed by atoms with E-state index in [4.69, 9.17) is 37.0 Å². The first-order chi connectivity index (χ1) is 43.9. The second-order valence-corrected chi connectivity index (χ2v) is 29.6. The molecule has 19 heteroatoms. The Kier molecular flexibility index (Phi) is 62.7. The first kappa shape index (κ1) is 89.1. The number of hydrogen-bond donors (Lipinski definition) is 3. The van der Waals surface area contributed by atoms with Gasteiger partial charge in [-0.1, -0.05) is 318 Å². The van der Waals surface area contributed by atoms with Crippen LogP contribution in [0.4, 0.5) is 0 Å². The molecular formula is C72H140O17P2. The summed E-state index contributed by atoms with van der Waals surface area (Å²) in [5.74, 6) is -0.468. The highest BCUT2D eigenvalue weighted by molar-refractivity contribution is 7.47. The van der Waals surface area contributed by atoms with Crippen LogP contribution in [0.25, 0.3) is 0 Å². The fourth-order valence-electron chi connectivity index (χ4n) is 10.9. The smallest absolute Gasteiger partial charge is 0.462 e. The van der Waals surface area contributed by atoms with E-state index < -0.39 is 97.5 Å². The molecule has 91 heavy (non-hydrogen) atoms. The molecule has 0 saturated heterocycles. The minimum absolute atomic E-state index is 0.103. The number of esters is 4. The molecule has 0 aliphatic heterocycles. The summed E-state index contributed by atoms with van der Waals surface area (Å²) in [7, 11) is -9.88. The third-order valence-corrected chi connectivity index (χ3v) is 19.0. The highest BCUT2D eigenvalue weighted by atomic mass is 31.2. The van der Waals surface area contributed by atoms with Crippen molar-refractivity contribution >= 4 is 39.5 Å². The number of unbranched alkanes of at least 4 members (excludes halogenated alkanes) is 40. The summed E-state index contributed by atoms with van der Waals surface area (Å²) in [4.78, 5) is 72.1. The van der Waals surface area contributed by atoms with Gasteiger partial charge in [-0.2, -0.15) is 0 Å². The highest BCUT2D eigenvalue weighted by Crippen LogP contribution is 2.45. The first-order valence-corrected chi connectivity index (χ1v) is 40.5. The zero-order chi connectivity index (χ0) is 67.2. The summed E-state index contributed by atoms with van der Waals surface area (Å²) >= 11 is 0. The number of aliphatic hydroxyl groups excluding tert-OH is 1. The summed E-state index contributed by atoms with van der Waals surface area (Å²) in [5.41, 5.74) is 0. The third-order valence-electron chi connectivity index (χ3n) is 17.1. The van der Waals surface area contributed by atoms with Crippen molar-refractivity contribution in [3.8, 4) is 0 Å². The molecule has 0 radical (unpaired) electrons. The summed E-state index contributed by atoms with van der Waals surface area (Å²) in [6.45, 7) is 9.51. The van der Waals surface area contributed by atoms with E-state index in [1.807, 2.05) is 0 Å². The maximum absolute atomic E-state index is 13.1. The van der Waals surface area contributed by atoms with Gasteiger partial charge in [0.15, 0.2) is 12.2 Å². The molecule has 540 valence electrons. The normalized spacial score (nSPS) is 14.4. The lowest BCUT2D eigenvalue weighted by atomic mass is 9.99. The fraction of sp³-hybridized carbons (Fsp3) is 0.944. The summed E-state index contributed by atoms with van der Waals surface area (Å²) < 4.78 is 68.0. The quantitative estimate of drug-likeness (QED) is 0.0222. The van der Waals surface area contributed by atoms with Crippen molar-refractivity contribution in [3.63, 3.8) is 0 Å². The number of carbonyl (C=O) groups excluding carboxylic acids is 4. The predicted molar refractivity (Wildman–Crippen MR) is 368 cm³/mol. The molecule has 0 rings (SSSR count). The minimum Gasteiger partial charge on any atom is -0.462 e. The van der Waals surface area contributed by atoms with E-state index in [0.717, 1.165) is 121 Å². The predicted octanol–water partition coefficient (Wildman–Crippen LogP) is 20.8. The van der Waals surface area contributed by atoms with Crippen molar-refractivity contribution in [1.29, 1.82) is 0 Å². The zero-order valence-corrected chi connectivity index (χ0v) is 60.9. The van der Waals surface area contributed by atoms with Gasteiger partial charge in [-0.25, -0.2) is 9.13 Å². The van der Waals surface area contributed by atoms with Crippen LogP contribution < -0.4 is 0 Å². The number of phosphoric acid groups is 2. The SMILES string of the molecule is CCCCCCCCCC(=O)O[C@H](COC(=O)CCCCCCC)COP(=O)(O)OC[C@H](O)COP(=O)(O)OC[C@@H](COC(=O)CCCCCCCCCCCCCCCCC(C)C)OC(=O)CCCCCCCCCCCCCCCCCCCCC(C)CC. The first-order valence-electron chi connectivity index (χ1n) is 37.5. The molecule has 0 spiro atoms. The number of aliphatic hydroxyl groups is 1. The van der Waals surface area contributed by atoms with Crippen molar-refractivity contribution in [2.45, 2.75) is 387 Å². The second-order valence-electron chi connectivity index (χ2n) is 26.7. The standard InChI is InChI=1S/C72H140O17P2/c1-7-10-12-14-35-44-50-56-71(76)88-67(60-82-69(74)54-48-40-13-11-8-2)62-86-90(78,79)84-58-66(73)59-85-91(80,81)87-63-68(61-83-70(75)55-49-43-38-33-29-25-22-21-23-27-31-36-41-46-52-64(4)5)89-72(77)57-51-45-39-34-30-26-20-18-16-15-17-19-24-28-32-37-42-47-53-65(6)9-3/h64-68,73H,7-63H2,1-6H3,(H,78,79)(H,80,81)/t65?,66-,67+,68+/m0/s1. The van der Waals surface area contributed by atoms with E-state index in [1.54, 1.807) is 0 Å². The van der Waals surface area contributed by atoms with E-state index in [0.29, 0.717) is 25.7 Å². The van der Waals surface area contributed by atoms with Crippen molar-refractivity contribution in [3.05, 3.63) is 0 Å². The van der Waals surface area contributed by atoms with Crippen LogP contribution in [0.1, 0.15) is 369 Å². The van der Waals surface area contributed by atoms with Gasteiger partial charge in [-0.15, -0.1) is 0 Å². The third kappa shape index (κ3) is 65.1. The van der Waals surface area contributed by atoms with Crippen molar-refractivity contribution in [2.24, 2.45) is 11.8 Å². The molecule has 0 aromatic heterocycles. The Morgan fingerprint density at radius 1 is 0.319 bits per heavy atom. The number of hydrogen-bond acceptors (Lipinski definition) is 15. The molecular weight excluding hydrogens is 1200 g/mol. The fourth-order valence-corrected chi connectivity index (χ4v) is 12.5. The molecule has 0 amide bonds. The average Bonchev–Trinajstić information content (AvgIpc) is 3.61. The lowest BCUT2D eigenvalue weighted by molar-refractivity contribution is -0.161. The largest absolute Gasteiger partial charge is 0.472 e.